The van der Waals surface area contributed by atoms with Crippen molar-refractivity contribution in [1.82, 2.24) is 0 Å². The van der Waals surface area contributed by atoms with Gasteiger partial charge in [0.2, 0.25) is 0 Å². The number of ether oxygens (including phenoxy) is 1. The van der Waals surface area contributed by atoms with E-state index in [-0.39, 0.29) is 5.91 Å². The number of carbonyl (C=O) groups excluding carboxylic acids is 1. The van der Waals surface area contributed by atoms with Gasteiger partial charge in [0.15, 0.2) is 6.10 Å². The maximum absolute atomic E-state index is 11.2. The molecule has 1 heterocycles. The van der Waals surface area contributed by atoms with Crippen molar-refractivity contribution in [2.24, 2.45) is 0 Å². The first-order valence-electron chi connectivity index (χ1n) is 5.25. The quantitative estimate of drug-likeness (QED) is 0.710. The molecule has 0 aromatic heterocycles. The van der Waals surface area contributed by atoms with Crippen molar-refractivity contribution in [3.63, 3.8) is 0 Å². The van der Waals surface area contributed by atoms with Gasteiger partial charge in [-0.25, -0.2) is 0 Å². The van der Waals surface area contributed by atoms with Crippen LogP contribution in [0.1, 0.15) is 26.3 Å². The van der Waals surface area contributed by atoms with Gasteiger partial charge in [-0.15, -0.1) is 0 Å². The number of carbonyl (C=O) groups is 1. The number of rotatable bonds is 0. The van der Waals surface area contributed by atoms with E-state index >= 15 is 0 Å². The predicted octanol–water partition coefficient (Wildman–Crippen LogP) is 2.74. The number of hydrogen-bond acceptors (Lipinski definition) is 2. The van der Waals surface area contributed by atoms with Gasteiger partial charge in [-0.3, -0.25) is 4.79 Å². The van der Waals surface area contributed by atoms with Crippen molar-refractivity contribution in [1.29, 1.82) is 0 Å². The molecule has 1 atom stereocenters. The summed E-state index contributed by atoms with van der Waals surface area (Å²) in [6.45, 7) is 7.71. The molecule has 2 rings (SSSR count). The monoisotopic (exact) mass is 207 g/mol. The first-order valence-corrected chi connectivity index (χ1v) is 5.25. The number of aryl methyl sites for hydroxylation is 1. The van der Waals surface area contributed by atoms with Crippen LogP contribution in [-0.2, 0) is 4.79 Å². The highest BCUT2D eigenvalue weighted by molar-refractivity contribution is 5.97. The minimum absolute atomic E-state index is 0.0851. The van der Waals surface area contributed by atoms with E-state index in [9.17, 15) is 4.79 Å². The van der Waals surface area contributed by atoms with Crippen LogP contribution in [0.3, 0.4) is 0 Å². The van der Waals surface area contributed by atoms with E-state index in [1.165, 1.54) is 0 Å². The molecule has 1 aromatic carbocycles. The zero-order chi connectivity index (χ0) is 11.4. The topological polar surface area (TPSA) is 38.3 Å². The lowest BCUT2D eigenvalue weighted by atomic mass is 10.1. The molecule has 0 bridgehead atoms. The van der Waals surface area contributed by atoms with Gasteiger partial charge in [0.05, 0.1) is 5.69 Å². The molecule has 0 radical (unpaired) electrons. The molecule has 0 spiro atoms. The fraction of sp³-hybridized carbons (Fsp3) is 0.417. The van der Waals surface area contributed by atoms with Gasteiger partial charge in [-0.2, -0.15) is 0 Å². The Labute approximate surface area is 90.4 Å². The summed E-state index contributed by atoms with van der Waals surface area (Å²) in [6.07, 6.45) is -0.393. The van der Waals surface area contributed by atoms with Crippen LogP contribution in [0.5, 0.6) is 5.75 Å². The molecule has 0 aliphatic carbocycles. The number of anilines is 1. The van der Waals surface area contributed by atoms with Gasteiger partial charge in [-0.05, 0) is 31.5 Å². The van der Waals surface area contributed by atoms with Crippen molar-refractivity contribution in [2.45, 2.75) is 33.8 Å². The third kappa shape index (κ3) is 2.49. The molecule has 3 nitrogen and oxygen atoms in total. The first kappa shape index (κ1) is 11.6. The van der Waals surface area contributed by atoms with E-state index in [0.29, 0.717) is 0 Å². The van der Waals surface area contributed by atoms with Crippen molar-refractivity contribution in [2.75, 3.05) is 5.32 Å². The average Bonchev–Trinajstić information content (AvgIpc) is 2.23. The van der Waals surface area contributed by atoms with Gasteiger partial charge in [-0.1, -0.05) is 19.9 Å². The zero-order valence-corrected chi connectivity index (χ0v) is 9.63. The standard InChI is InChI=1S/C10H11NO2.C2H6/c1-6-3-4-9-8(5-6)11-10(12)7(2)13-9;1-2/h3-5,7H,1-2H3,(H,11,12);1-2H3. The molecule has 82 valence electrons. The van der Waals surface area contributed by atoms with E-state index in [1.54, 1.807) is 6.92 Å². The third-order valence-corrected chi connectivity index (χ3v) is 2.07. The van der Waals surface area contributed by atoms with Crippen LogP contribution >= 0.6 is 0 Å². The number of hydrogen-bond donors (Lipinski definition) is 1. The Kier molecular flexibility index (Phi) is 3.72. The van der Waals surface area contributed by atoms with E-state index in [4.69, 9.17) is 4.74 Å². The Balaban J connectivity index is 0.000000531. The van der Waals surface area contributed by atoms with Crippen molar-refractivity contribution in [3.05, 3.63) is 23.8 Å². The lowest BCUT2D eigenvalue weighted by molar-refractivity contribution is -0.122. The van der Waals surface area contributed by atoms with Crippen LogP contribution in [0.4, 0.5) is 5.69 Å². The molecule has 1 aromatic rings. The summed E-state index contributed by atoms with van der Waals surface area (Å²) in [7, 11) is 0. The highest BCUT2D eigenvalue weighted by Crippen LogP contribution is 2.29. The zero-order valence-electron chi connectivity index (χ0n) is 9.63. The molecule has 1 aliphatic rings. The lowest BCUT2D eigenvalue weighted by Gasteiger charge is -2.23. The summed E-state index contributed by atoms with van der Waals surface area (Å²) >= 11 is 0. The second kappa shape index (κ2) is 4.82. The summed E-state index contributed by atoms with van der Waals surface area (Å²) in [5, 5.41) is 2.79. The third-order valence-electron chi connectivity index (χ3n) is 2.07. The van der Waals surface area contributed by atoms with Crippen molar-refractivity contribution in [3.8, 4) is 5.75 Å². The Bertz CT molecular complexity index is 361. The van der Waals surface area contributed by atoms with Gasteiger partial charge >= 0.3 is 0 Å². The summed E-state index contributed by atoms with van der Waals surface area (Å²) in [5.74, 6) is 0.663. The van der Waals surface area contributed by atoms with Crippen LogP contribution in [-0.4, -0.2) is 12.0 Å². The molecule has 0 fully saturated rings. The minimum atomic E-state index is -0.393. The van der Waals surface area contributed by atoms with Gasteiger partial charge in [0.25, 0.3) is 5.91 Å². The van der Waals surface area contributed by atoms with E-state index in [2.05, 4.69) is 5.32 Å². The van der Waals surface area contributed by atoms with Crippen LogP contribution < -0.4 is 10.1 Å². The molecule has 3 heteroatoms. The molecule has 1 amide bonds. The molecule has 0 saturated carbocycles. The van der Waals surface area contributed by atoms with E-state index in [0.717, 1.165) is 17.0 Å². The molecule has 15 heavy (non-hydrogen) atoms. The Morgan fingerprint density at radius 3 is 2.67 bits per heavy atom. The molecular formula is C12H17NO2. The maximum atomic E-state index is 11.2. The normalized spacial score (nSPS) is 17.9. The number of benzene rings is 1. The summed E-state index contributed by atoms with van der Waals surface area (Å²) < 4.78 is 5.39. The summed E-state index contributed by atoms with van der Waals surface area (Å²) in [5.41, 5.74) is 1.88. The Morgan fingerprint density at radius 1 is 1.33 bits per heavy atom. The minimum Gasteiger partial charge on any atom is -0.479 e. The molecule has 0 saturated heterocycles. The second-order valence-corrected chi connectivity index (χ2v) is 3.25. The van der Waals surface area contributed by atoms with E-state index in [1.807, 2.05) is 39.0 Å². The molecule has 1 unspecified atom stereocenters. The SMILES string of the molecule is CC.Cc1ccc2c(c1)NC(=O)C(C)O2. The molecule has 1 aliphatic heterocycles. The van der Waals surface area contributed by atoms with Gasteiger partial charge < -0.3 is 10.1 Å². The largest absolute Gasteiger partial charge is 0.479 e. The average molecular weight is 207 g/mol. The first-order chi connectivity index (χ1) is 7.16. The summed E-state index contributed by atoms with van der Waals surface area (Å²) in [4.78, 5) is 11.2. The number of amides is 1. The van der Waals surface area contributed by atoms with Crippen molar-refractivity contribution < 1.29 is 9.53 Å². The van der Waals surface area contributed by atoms with Crippen LogP contribution in [0.15, 0.2) is 18.2 Å². The predicted molar refractivity (Wildman–Crippen MR) is 61.2 cm³/mol. The molecule has 1 N–H and O–H groups in total. The van der Waals surface area contributed by atoms with Gasteiger partial charge in [0, 0.05) is 0 Å². The van der Waals surface area contributed by atoms with E-state index < -0.39 is 6.10 Å². The maximum Gasteiger partial charge on any atom is 0.265 e. The van der Waals surface area contributed by atoms with Crippen LogP contribution in [0, 0.1) is 6.92 Å². The Morgan fingerprint density at radius 2 is 2.00 bits per heavy atom. The fourth-order valence-corrected chi connectivity index (χ4v) is 1.32. The second-order valence-electron chi connectivity index (χ2n) is 3.25. The smallest absolute Gasteiger partial charge is 0.265 e. The lowest BCUT2D eigenvalue weighted by Crippen LogP contribution is -2.34. The fourth-order valence-electron chi connectivity index (χ4n) is 1.32. The molecular weight excluding hydrogens is 190 g/mol. The Hall–Kier alpha value is -1.51. The van der Waals surface area contributed by atoms with Crippen LogP contribution in [0.25, 0.3) is 0 Å². The van der Waals surface area contributed by atoms with Gasteiger partial charge in [0.1, 0.15) is 5.75 Å². The summed E-state index contributed by atoms with van der Waals surface area (Å²) in [6, 6.07) is 5.74. The van der Waals surface area contributed by atoms with Crippen LogP contribution in [0.2, 0.25) is 0 Å². The highest BCUT2D eigenvalue weighted by Gasteiger charge is 2.22. The number of nitrogens with one attached hydrogen (secondary N) is 1. The van der Waals surface area contributed by atoms with Crippen molar-refractivity contribution >= 4 is 11.6 Å². The highest BCUT2D eigenvalue weighted by atomic mass is 16.5. The number of fused-ring (bicyclic) bond motifs is 1.